The van der Waals surface area contributed by atoms with Crippen molar-refractivity contribution in [2.75, 3.05) is 0 Å². The maximum Gasteiger partial charge on any atom is 0.269 e. The van der Waals surface area contributed by atoms with Crippen molar-refractivity contribution in [1.82, 2.24) is 10.9 Å². The monoisotopic (exact) mass is 284 g/mol. The number of halogens is 1. The number of amides is 2. The van der Waals surface area contributed by atoms with Crippen molar-refractivity contribution in [3.63, 3.8) is 0 Å². The Balaban J connectivity index is 1.88. The zero-order valence-corrected chi connectivity index (χ0v) is 11.0. The van der Waals surface area contributed by atoms with E-state index < -0.39 is 17.6 Å². The Morgan fingerprint density at radius 3 is 2.29 bits per heavy atom. The second-order valence-corrected chi connectivity index (χ2v) is 4.16. The van der Waals surface area contributed by atoms with Gasteiger partial charge in [-0.15, -0.1) is 0 Å². The van der Waals surface area contributed by atoms with Crippen LogP contribution < -0.4 is 10.9 Å². The smallest absolute Gasteiger partial charge is 0.268 e. The Bertz CT molecular complexity index is 669. The van der Waals surface area contributed by atoms with E-state index in [1.165, 1.54) is 12.1 Å². The van der Waals surface area contributed by atoms with E-state index in [2.05, 4.69) is 10.9 Å². The molecule has 0 saturated heterocycles. The lowest BCUT2D eigenvalue weighted by atomic mass is 10.2. The van der Waals surface area contributed by atoms with Crippen LogP contribution in [0.3, 0.4) is 0 Å². The molecular formula is C16H13FN2O2. The zero-order chi connectivity index (χ0) is 15.1. The van der Waals surface area contributed by atoms with Gasteiger partial charge in [0.15, 0.2) is 0 Å². The first kappa shape index (κ1) is 14.5. The predicted molar refractivity (Wildman–Crippen MR) is 77.5 cm³/mol. The summed E-state index contributed by atoms with van der Waals surface area (Å²) in [7, 11) is 0. The molecular weight excluding hydrogens is 271 g/mol. The summed E-state index contributed by atoms with van der Waals surface area (Å²) in [5, 5.41) is 0. The SMILES string of the molecule is O=C(C=Cc1ccccc1F)NNC(=O)c1ccccc1. The minimum absolute atomic E-state index is 0.294. The van der Waals surface area contributed by atoms with Gasteiger partial charge in [-0.2, -0.15) is 0 Å². The molecule has 0 heterocycles. The molecule has 0 fully saturated rings. The molecule has 2 aromatic rings. The number of carbonyl (C=O) groups excluding carboxylic acids is 2. The maximum atomic E-state index is 13.3. The van der Waals surface area contributed by atoms with Crippen LogP contribution in [0, 0.1) is 5.82 Å². The van der Waals surface area contributed by atoms with Crippen molar-refractivity contribution in [1.29, 1.82) is 0 Å². The largest absolute Gasteiger partial charge is 0.269 e. The Hall–Kier alpha value is -2.95. The zero-order valence-electron chi connectivity index (χ0n) is 11.0. The van der Waals surface area contributed by atoms with Crippen LogP contribution in [0.5, 0.6) is 0 Å². The molecule has 0 aliphatic rings. The third-order valence-corrected chi connectivity index (χ3v) is 2.65. The fraction of sp³-hybridized carbons (Fsp3) is 0. The van der Waals surface area contributed by atoms with Crippen molar-refractivity contribution < 1.29 is 14.0 Å². The highest BCUT2D eigenvalue weighted by Gasteiger charge is 2.04. The Morgan fingerprint density at radius 1 is 0.905 bits per heavy atom. The molecule has 4 nitrogen and oxygen atoms in total. The predicted octanol–water partition coefficient (Wildman–Crippen LogP) is 2.30. The molecule has 5 heteroatoms. The summed E-state index contributed by atoms with van der Waals surface area (Å²) in [5.41, 5.74) is 5.21. The number of hydrazine groups is 1. The van der Waals surface area contributed by atoms with Crippen molar-refractivity contribution in [3.05, 3.63) is 77.6 Å². The summed E-state index contributed by atoms with van der Waals surface area (Å²) in [6.07, 6.45) is 2.48. The van der Waals surface area contributed by atoms with Crippen molar-refractivity contribution in [3.8, 4) is 0 Å². The molecule has 2 rings (SSSR count). The highest BCUT2D eigenvalue weighted by Crippen LogP contribution is 2.07. The van der Waals surface area contributed by atoms with Crippen LogP contribution in [0.4, 0.5) is 4.39 Å². The van der Waals surface area contributed by atoms with Gasteiger partial charge in [0.1, 0.15) is 5.82 Å². The van der Waals surface area contributed by atoms with Crippen LogP contribution >= 0.6 is 0 Å². The molecule has 2 aromatic carbocycles. The summed E-state index contributed by atoms with van der Waals surface area (Å²) >= 11 is 0. The fourth-order valence-corrected chi connectivity index (χ4v) is 1.60. The van der Waals surface area contributed by atoms with Crippen LogP contribution in [0.15, 0.2) is 60.7 Å². The molecule has 0 radical (unpaired) electrons. The van der Waals surface area contributed by atoms with E-state index in [0.29, 0.717) is 11.1 Å². The lowest BCUT2D eigenvalue weighted by Gasteiger charge is -2.04. The lowest BCUT2D eigenvalue weighted by molar-refractivity contribution is -0.117. The van der Waals surface area contributed by atoms with Gasteiger partial charge in [-0.1, -0.05) is 36.4 Å². The summed E-state index contributed by atoms with van der Waals surface area (Å²) in [6.45, 7) is 0. The van der Waals surface area contributed by atoms with Gasteiger partial charge in [0.2, 0.25) is 0 Å². The van der Waals surface area contributed by atoms with Crippen LogP contribution in [-0.4, -0.2) is 11.8 Å². The van der Waals surface area contributed by atoms with E-state index in [1.807, 2.05) is 0 Å². The highest BCUT2D eigenvalue weighted by atomic mass is 19.1. The quantitative estimate of drug-likeness (QED) is 0.671. The topological polar surface area (TPSA) is 58.2 Å². The molecule has 0 aromatic heterocycles. The number of rotatable bonds is 3. The molecule has 0 atom stereocenters. The second kappa shape index (κ2) is 7.00. The summed E-state index contributed by atoms with van der Waals surface area (Å²) in [4.78, 5) is 23.2. The van der Waals surface area contributed by atoms with E-state index in [4.69, 9.17) is 0 Å². The van der Waals surface area contributed by atoms with Crippen molar-refractivity contribution in [2.24, 2.45) is 0 Å². The van der Waals surface area contributed by atoms with Crippen LogP contribution in [0.25, 0.3) is 6.08 Å². The maximum absolute atomic E-state index is 13.3. The molecule has 21 heavy (non-hydrogen) atoms. The van der Waals surface area contributed by atoms with E-state index in [-0.39, 0.29) is 0 Å². The molecule has 0 unspecified atom stereocenters. The molecule has 0 bridgehead atoms. The number of carbonyl (C=O) groups is 2. The molecule has 0 saturated carbocycles. The third kappa shape index (κ3) is 4.28. The molecule has 2 N–H and O–H groups in total. The Kier molecular flexibility index (Phi) is 4.82. The first-order valence-corrected chi connectivity index (χ1v) is 6.25. The van der Waals surface area contributed by atoms with Gasteiger partial charge < -0.3 is 0 Å². The van der Waals surface area contributed by atoms with Gasteiger partial charge in [0.05, 0.1) is 0 Å². The third-order valence-electron chi connectivity index (χ3n) is 2.65. The Labute approximate surface area is 121 Å². The summed E-state index contributed by atoms with van der Waals surface area (Å²) in [6, 6.07) is 14.5. The van der Waals surface area contributed by atoms with E-state index in [1.54, 1.807) is 48.5 Å². The van der Waals surface area contributed by atoms with Gasteiger partial charge >= 0.3 is 0 Å². The van der Waals surface area contributed by atoms with Crippen LogP contribution in [0.1, 0.15) is 15.9 Å². The summed E-state index contributed by atoms with van der Waals surface area (Å²) in [5.74, 6) is -1.40. The molecule has 2 amide bonds. The number of hydrogen-bond acceptors (Lipinski definition) is 2. The first-order chi connectivity index (χ1) is 10.2. The van der Waals surface area contributed by atoms with Gasteiger partial charge in [-0.3, -0.25) is 20.4 Å². The normalized spacial score (nSPS) is 10.3. The minimum atomic E-state index is -0.553. The van der Waals surface area contributed by atoms with E-state index in [9.17, 15) is 14.0 Å². The van der Waals surface area contributed by atoms with Gasteiger partial charge in [0.25, 0.3) is 11.8 Å². The molecule has 0 spiro atoms. The number of nitrogens with one attached hydrogen (secondary N) is 2. The molecule has 0 aliphatic carbocycles. The highest BCUT2D eigenvalue weighted by molar-refractivity contribution is 5.97. The van der Waals surface area contributed by atoms with Crippen molar-refractivity contribution in [2.45, 2.75) is 0 Å². The standard InChI is InChI=1S/C16H13FN2O2/c17-14-9-5-4-6-12(14)10-11-15(20)18-19-16(21)13-7-2-1-3-8-13/h1-11H,(H,18,20)(H,19,21). The van der Waals surface area contributed by atoms with E-state index >= 15 is 0 Å². The number of benzene rings is 2. The first-order valence-electron chi connectivity index (χ1n) is 6.25. The van der Waals surface area contributed by atoms with E-state index in [0.717, 1.165) is 6.08 Å². The molecule has 106 valence electrons. The van der Waals surface area contributed by atoms with Gasteiger partial charge in [0, 0.05) is 17.2 Å². The number of hydrogen-bond donors (Lipinski definition) is 2. The minimum Gasteiger partial charge on any atom is -0.268 e. The fourth-order valence-electron chi connectivity index (χ4n) is 1.60. The second-order valence-electron chi connectivity index (χ2n) is 4.16. The average molecular weight is 284 g/mol. The lowest BCUT2D eigenvalue weighted by Crippen LogP contribution is -2.40. The Morgan fingerprint density at radius 2 is 1.57 bits per heavy atom. The van der Waals surface area contributed by atoms with Crippen LogP contribution in [-0.2, 0) is 4.79 Å². The van der Waals surface area contributed by atoms with Gasteiger partial charge in [-0.25, -0.2) is 4.39 Å². The van der Waals surface area contributed by atoms with Gasteiger partial charge in [-0.05, 0) is 24.3 Å². The molecule has 0 aliphatic heterocycles. The summed E-state index contributed by atoms with van der Waals surface area (Å²) < 4.78 is 13.3. The van der Waals surface area contributed by atoms with Crippen molar-refractivity contribution >= 4 is 17.9 Å². The van der Waals surface area contributed by atoms with Crippen LogP contribution in [0.2, 0.25) is 0 Å². The average Bonchev–Trinajstić information content (AvgIpc) is 2.52.